The van der Waals surface area contributed by atoms with Crippen LogP contribution in [-0.4, -0.2) is 45.1 Å². The molecule has 1 N–H and O–H groups in total. The van der Waals surface area contributed by atoms with Gasteiger partial charge < -0.3 is 14.5 Å². The maximum Gasteiger partial charge on any atom is 0.308 e. The molecular formula is C14H21N3O4. The first kappa shape index (κ1) is 15.5. The van der Waals surface area contributed by atoms with Gasteiger partial charge in [0.1, 0.15) is 0 Å². The van der Waals surface area contributed by atoms with Gasteiger partial charge in [0.2, 0.25) is 11.8 Å². The molecule has 1 aromatic rings. The van der Waals surface area contributed by atoms with Crippen molar-refractivity contribution in [3.63, 3.8) is 0 Å². The van der Waals surface area contributed by atoms with Gasteiger partial charge in [-0.05, 0) is 19.3 Å². The molecule has 1 aliphatic rings. The van der Waals surface area contributed by atoms with Crippen molar-refractivity contribution in [1.29, 1.82) is 0 Å². The second kappa shape index (κ2) is 7.19. The molecule has 0 unspecified atom stereocenters. The van der Waals surface area contributed by atoms with Crippen LogP contribution < -0.4 is 0 Å². The smallest absolute Gasteiger partial charge is 0.308 e. The first-order valence-electron chi connectivity index (χ1n) is 7.42. The van der Waals surface area contributed by atoms with Gasteiger partial charge in [0.15, 0.2) is 5.82 Å². The molecule has 1 saturated heterocycles. The van der Waals surface area contributed by atoms with E-state index in [9.17, 15) is 9.59 Å². The lowest BCUT2D eigenvalue weighted by atomic mass is 9.98. The molecule has 2 heterocycles. The number of aliphatic carboxylic acids is 1. The summed E-state index contributed by atoms with van der Waals surface area (Å²) in [6, 6.07) is 0. The van der Waals surface area contributed by atoms with Crippen molar-refractivity contribution >= 4 is 11.9 Å². The summed E-state index contributed by atoms with van der Waals surface area (Å²) in [5.41, 5.74) is 0. The number of amides is 1. The third kappa shape index (κ3) is 4.27. The number of nitrogens with zero attached hydrogens (tertiary/aromatic N) is 3. The van der Waals surface area contributed by atoms with Crippen LogP contribution in [0.3, 0.4) is 0 Å². The summed E-state index contributed by atoms with van der Waals surface area (Å²) in [5.74, 6) is 0.00533. The van der Waals surface area contributed by atoms with E-state index < -0.39 is 11.9 Å². The number of hydrogen-bond donors (Lipinski definition) is 1. The zero-order valence-electron chi connectivity index (χ0n) is 12.2. The highest BCUT2D eigenvalue weighted by atomic mass is 16.5. The maximum atomic E-state index is 12.1. The second-order valence-corrected chi connectivity index (χ2v) is 5.33. The molecule has 2 rings (SSSR count). The van der Waals surface area contributed by atoms with Crippen molar-refractivity contribution in [2.75, 3.05) is 13.1 Å². The Hall–Kier alpha value is -1.92. The summed E-state index contributed by atoms with van der Waals surface area (Å²) in [5, 5.41) is 12.8. The van der Waals surface area contributed by atoms with Crippen molar-refractivity contribution in [2.45, 2.75) is 45.4 Å². The number of piperidine rings is 1. The summed E-state index contributed by atoms with van der Waals surface area (Å²) in [4.78, 5) is 28.9. The molecular weight excluding hydrogens is 274 g/mol. The van der Waals surface area contributed by atoms with E-state index in [1.165, 1.54) is 0 Å². The Bertz CT molecular complexity index is 500. The number of rotatable bonds is 6. The minimum Gasteiger partial charge on any atom is -0.481 e. The van der Waals surface area contributed by atoms with Gasteiger partial charge in [-0.2, -0.15) is 4.98 Å². The Morgan fingerprint density at radius 3 is 2.95 bits per heavy atom. The summed E-state index contributed by atoms with van der Waals surface area (Å²) in [6.45, 7) is 2.94. The molecule has 7 nitrogen and oxygen atoms in total. The van der Waals surface area contributed by atoms with Crippen LogP contribution in [0.25, 0.3) is 0 Å². The average molecular weight is 295 g/mol. The van der Waals surface area contributed by atoms with Crippen LogP contribution in [0.2, 0.25) is 0 Å². The molecule has 0 aromatic carbocycles. The molecule has 116 valence electrons. The van der Waals surface area contributed by atoms with E-state index in [0.29, 0.717) is 50.5 Å². The molecule has 1 fully saturated rings. The monoisotopic (exact) mass is 295 g/mol. The molecule has 1 aliphatic heterocycles. The quantitative estimate of drug-likeness (QED) is 0.849. The molecule has 0 saturated carbocycles. The van der Waals surface area contributed by atoms with Gasteiger partial charge in [-0.25, -0.2) is 0 Å². The number of hydrogen-bond acceptors (Lipinski definition) is 5. The van der Waals surface area contributed by atoms with Crippen molar-refractivity contribution in [2.24, 2.45) is 5.92 Å². The van der Waals surface area contributed by atoms with Crippen LogP contribution in [0.15, 0.2) is 4.52 Å². The third-order valence-electron chi connectivity index (χ3n) is 3.73. The Balaban J connectivity index is 1.75. The van der Waals surface area contributed by atoms with Crippen molar-refractivity contribution in [3.05, 3.63) is 11.7 Å². The van der Waals surface area contributed by atoms with Crippen molar-refractivity contribution in [1.82, 2.24) is 15.0 Å². The SMILES string of the molecule is CCc1noc(CCCC(=O)N2CCC[C@@H](C(=O)O)C2)n1. The number of carbonyl (C=O) groups is 2. The van der Waals surface area contributed by atoms with E-state index >= 15 is 0 Å². The number of carboxylic acid groups (broad SMARTS) is 1. The molecule has 0 spiro atoms. The summed E-state index contributed by atoms with van der Waals surface area (Å²) < 4.78 is 5.07. The predicted octanol–water partition coefficient (Wildman–Crippen LogP) is 1.28. The number of likely N-dealkylation sites (tertiary alicyclic amines) is 1. The topological polar surface area (TPSA) is 96.5 Å². The highest BCUT2D eigenvalue weighted by molar-refractivity contribution is 5.78. The number of carboxylic acids is 1. The summed E-state index contributed by atoms with van der Waals surface area (Å²) in [7, 11) is 0. The van der Waals surface area contributed by atoms with E-state index in [0.717, 1.165) is 12.8 Å². The van der Waals surface area contributed by atoms with Gasteiger partial charge in [0, 0.05) is 32.4 Å². The van der Waals surface area contributed by atoms with Gasteiger partial charge in [-0.15, -0.1) is 0 Å². The van der Waals surface area contributed by atoms with Gasteiger partial charge in [-0.1, -0.05) is 12.1 Å². The number of aryl methyl sites for hydroxylation is 2. The van der Waals surface area contributed by atoms with E-state index in [-0.39, 0.29) is 5.91 Å². The van der Waals surface area contributed by atoms with Crippen molar-refractivity contribution in [3.8, 4) is 0 Å². The highest BCUT2D eigenvalue weighted by Crippen LogP contribution is 2.18. The second-order valence-electron chi connectivity index (χ2n) is 5.33. The van der Waals surface area contributed by atoms with E-state index in [4.69, 9.17) is 9.63 Å². The molecule has 1 atom stereocenters. The number of carbonyl (C=O) groups excluding carboxylic acids is 1. The Labute approximate surface area is 123 Å². The lowest BCUT2D eigenvalue weighted by Crippen LogP contribution is -2.42. The van der Waals surface area contributed by atoms with Crippen LogP contribution in [0.4, 0.5) is 0 Å². The maximum absolute atomic E-state index is 12.1. The zero-order valence-corrected chi connectivity index (χ0v) is 12.2. The zero-order chi connectivity index (χ0) is 15.2. The van der Waals surface area contributed by atoms with Gasteiger partial charge in [0.05, 0.1) is 5.92 Å². The number of aromatic nitrogens is 2. The molecule has 7 heteroatoms. The molecule has 1 amide bonds. The lowest BCUT2D eigenvalue weighted by Gasteiger charge is -2.30. The highest BCUT2D eigenvalue weighted by Gasteiger charge is 2.27. The van der Waals surface area contributed by atoms with Gasteiger partial charge in [0.25, 0.3) is 0 Å². The fourth-order valence-corrected chi connectivity index (χ4v) is 2.49. The predicted molar refractivity (Wildman–Crippen MR) is 73.6 cm³/mol. The Morgan fingerprint density at radius 1 is 1.48 bits per heavy atom. The van der Waals surface area contributed by atoms with Crippen LogP contribution in [0.1, 0.15) is 44.3 Å². The van der Waals surface area contributed by atoms with Gasteiger partial charge >= 0.3 is 5.97 Å². The fourth-order valence-electron chi connectivity index (χ4n) is 2.49. The summed E-state index contributed by atoms with van der Waals surface area (Å²) in [6.07, 6.45) is 3.74. The van der Waals surface area contributed by atoms with E-state index in [2.05, 4.69) is 10.1 Å². The minimum atomic E-state index is -0.814. The molecule has 0 bridgehead atoms. The molecule has 1 aromatic heterocycles. The van der Waals surface area contributed by atoms with Crippen LogP contribution >= 0.6 is 0 Å². The lowest BCUT2D eigenvalue weighted by molar-refractivity contribution is -0.145. The third-order valence-corrected chi connectivity index (χ3v) is 3.73. The first-order valence-corrected chi connectivity index (χ1v) is 7.42. The minimum absolute atomic E-state index is 0.0104. The average Bonchev–Trinajstić information content (AvgIpc) is 2.95. The van der Waals surface area contributed by atoms with E-state index in [1.54, 1.807) is 4.90 Å². The molecule has 0 aliphatic carbocycles. The first-order chi connectivity index (χ1) is 10.1. The van der Waals surface area contributed by atoms with Crippen LogP contribution in [0.5, 0.6) is 0 Å². The largest absolute Gasteiger partial charge is 0.481 e. The van der Waals surface area contributed by atoms with Crippen molar-refractivity contribution < 1.29 is 19.2 Å². The molecule has 0 radical (unpaired) electrons. The van der Waals surface area contributed by atoms with E-state index in [1.807, 2.05) is 6.92 Å². The normalized spacial score (nSPS) is 18.7. The fraction of sp³-hybridized carbons (Fsp3) is 0.714. The van der Waals surface area contributed by atoms with Gasteiger partial charge in [-0.3, -0.25) is 9.59 Å². The molecule has 21 heavy (non-hydrogen) atoms. The standard InChI is InChI=1S/C14H21N3O4/c1-2-11-15-12(21-16-11)6-3-7-13(18)17-8-4-5-10(9-17)14(19)20/h10H,2-9H2,1H3,(H,19,20)/t10-/m1/s1. The Kier molecular flexibility index (Phi) is 5.30. The van der Waals surface area contributed by atoms with Crippen LogP contribution in [0, 0.1) is 5.92 Å². The Morgan fingerprint density at radius 2 is 2.29 bits per heavy atom. The summed E-state index contributed by atoms with van der Waals surface area (Å²) >= 11 is 0. The van der Waals surface area contributed by atoms with Crippen LogP contribution in [-0.2, 0) is 22.4 Å².